The molecule has 0 amide bonds. The molecule has 1 N–H and O–H groups in total. The summed E-state index contributed by atoms with van der Waals surface area (Å²) in [6.45, 7) is 6.20. The fourth-order valence-electron chi connectivity index (χ4n) is 1.82. The number of nitrogens with zero attached hydrogens (tertiary/aromatic N) is 1. The van der Waals surface area contributed by atoms with Gasteiger partial charge in [-0.1, -0.05) is 24.3 Å². The van der Waals surface area contributed by atoms with Crippen molar-refractivity contribution in [3.63, 3.8) is 0 Å². The molecule has 96 valence electrons. The highest BCUT2D eigenvalue weighted by atomic mass is 16.5. The molecular weight excluding hydrogens is 226 g/mol. The van der Waals surface area contributed by atoms with Crippen LogP contribution in [0.15, 0.2) is 36.7 Å². The van der Waals surface area contributed by atoms with E-state index in [1.807, 2.05) is 45.0 Å². The zero-order valence-electron chi connectivity index (χ0n) is 11.1. The van der Waals surface area contributed by atoms with Crippen molar-refractivity contribution >= 4 is 10.8 Å². The number of ether oxygens (including phenoxy) is 1. The summed E-state index contributed by atoms with van der Waals surface area (Å²) in [5.41, 5.74) is 0.566. The van der Waals surface area contributed by atoms with Gasteiger partial charge >= 0.3 is 0 Å². The average molecular weight is 245 g/mol. The maximum Gasteiger partial charge on any atom is 0.104 e. The molecule has 2 aromatic rings. The van der Waals surface area contributed by atoms with Crippen molar-refractivity contribution in [2.24, 2.45) is 0 Å². The molecule has 0 bridgehead atoms. The predicted octanol–water partition coefficient (Wildman–Crippen LogP) is 3.08. The molecule has 1 heterocycles. The van der Waals surface area contributed by atoms with Gasteiger partial charge in [-0.3, -0.25) is 4.98 Å². The first-order chi connectivity index (χ1) is 8.47. The molecule has 3 nitrogen and oxygen atoms in total. The standard InChI is InChI=1S/C15H19NO2/c1-15(2,3)18-10-14(17)13-9-16-8-11-6-4-5-7-12(11)13/h4-9,14,17H,10H2,1-3H3. The van der Waals surface area contributed by atoms with Crippen LogP contribution in [0.1, 0.15) is 32.4 Å². The lowest BCUT2D eigenvalue weighted by molar-refractivity contribution is -0.0493. The number of benzene rings is 1. The minimum atomic E-state index is -0.650. The average Bonchev–Trinajstić information content (AvgIpc) is 2.34. The van der Waals surface area contributed by atoms with Crippen LogP contribution in [0, 0.1) is 0 Å². The minimum absolute atomic E-state index is 0.251. The van der Waals surface area contributed by atoms with Gasteiger partial charge in [-0.2, -0.15) is 0 Å². The highest BCUT2D eigenvalue weighted by Gasteiger charge is 2.16. The molecule has 1 aromatic heterocycles. The lowest BCUT2D eigenvalue weighted by atomic mass is 10.0. The van der Waals surface area contributed by atoms with E-state index in [0.29, 0.717) is 0 Å². The molecule has 3 heteroatoms. The molecule has 0 aliphatic rings. The van der Waals surface area contributed by atoms with Gasteiger partial charge < -0.3 is 9.84 Å². The van der Waals surface area contributed by atoms with Crippen molar-refractivity contribution in [3.8, 4) is 0 Å². The van der Waals surface area contributed by atoms with E-state index in [-0.39, 0.29) is 12.2 Å². The number of rotatable bonds is 3. The maximum absolute atomic E-state index is 10.2. The van der Waals surface area contributed by atoms with Crippen LogP contribution in [0.2, 0.25) is 0 Å². The minimum Gasteiger partial charge on any atom is -0.386 e. The predicted molar refractivity (Wildman–Crippen MR) is 72.4 cm³/mol. The van der Waals surface area contributed by atoms with E-state index in [0.717, 1.165) is 16.3 Å². The summed E-state index contributed by atoms with van der Waals surface area (Å²) in [6.07, 6.45) is 2.86. The van der Waals surface area contributed by atoms with E-state index in [1.54, 1.807) is 12.4 Å². The highest BCUT2D eigenvalue weighted by Crippen LogP contribution is 2.24. The van der Waals surface area contributed by atoms with Crippen molar-refractivity contribution in [3.05, 3.63) is 42.2 Å². The summed E-state index contributed by atoms with van der Waals surface area (Å²) in [7, 11) is 0. The first kappa shape index (κ1) is 13.0. The normalized spacial score (nSPS) is 13.8. The van der Waals surface area contributed by atoms with Crippen LogP contribution in [0.4, 0.5) is 0 Å². The first-order valence-corrected chi connectivity index (χ1v) is 6.12. The fourth-order valence-corrected chi connectivity index (χ4v) is 1.82. The topological polar surface area (TPSA) is 42.4 Å². The van der Waals surface area contributed by atoms with E-state index in [9.17, 15) is 5.11 Å². The Labute approximate surface area is 107 Å². The number of pyridine rings is 1. The van der Waals surface area contributed by atoms with Gasteiger partial charge in [0.25, 0.3) is 0 Å². The van der Waals surface area contributed by atoms with Crippen LogP contribution in [0.5, 0.6) is 0 Å². The van der Waals surface area contributed by atoms with Gasteiger partial charge in [0, 0.05) is 23.3 Å². The van der Waals surface area contributed by atoms with Crippen LogP contribution in [0.3, 0.4) is 0 Å². The van der Waals surface area contributed by atoms with Crippen LogP contribution in [-0.2, 0) is 4.74 Å². The second kappa shape index (κ2) is 5.04. The van der Waals surface area contributed by atoms with Gasteiger partial charge in [0.1, 0.15) is 6.10 Å². The largest absolute Gasteiger partial charge is 0.386 e. The van der Waals surface area contributed by atoms with Crippen molar-refractivity contribution in [2.45, 2.75) is 32.5 Å². The van der Waals surface area contributed by atoms with Crippen LogP contribution < -0.4 is 0 Å². The van der Waals surface area contributed by atoms with E-state index < -0.39 is 6.10 Å². The highest BCUT2D eigenvalue weighted by molar-refractivity contribution is 5.84. The monoisotopic (exact) mass is 245 g/mol. The molecule has 0 fully saturated rings. The van der Waals surface area contributed by atoms with E-state index in [4.69, 9.17) is 4.74 Å². The lowest BCUT2D eigenvalue weighted by Crippen LogP contribution is -2.22. The fraction of sp³-hybridized carbons (Fsp3) is 0.400. The Morgan fingerprint density at radius 1 is 1.22 bits per heavy atom. The Balaban J connectivity index is 2.25. The quantitative estimate of drug-likeness (QED) is 0.903. The third kappa shape index (κ3) is 3.06. The third-order valence-corrected chi connectivity index (χ3v) is 2.73. The molecule has 0 aliphatic carbocycles. The molecule has 0 radical (unpaired) electrons. The van der Waals surface area contributed by atoms with Gasteiger partial charge in [0.05, 0.1) is 12.2 Å². The molecular formula is C15H19NO2. The van der Waals surface area contributed by atoms with Crippen molar-refractivity contribution in [1.29, 1.82) is 0 Å². The van der Waals surface area contributed by atoms with Crippen molar-refractivity contribution in [2.75, 3.05) is 6.61 Å². The van der Waals surface area contributed by atoms with Gasteiger partial charge in [0.2, 0.25) is 0 Å². The lowest BCUT2D eigenvalue weighted by Gasteiger charge is -2.22. The van der Waals surface area contributed by atoms with Gasteiger partial charge in [-0.05, 0) is 26.2 Å². The molecule has 1 aromatic carbocycles. The van der Waals surface area contributed by atoms with E-state index >= 15 is 0 Å². The SMILES string of the molecule is CC(C)(C)OCC(O)c1cncc2ccccc12. The van der Waals surface area contributed by atoms with Crippen molar-refractivity contribution < 1.29 is 9.84 Å². The summed E-state index contributed by atoms with van der Waals surface area (Å²) >= 11 is 0. The van der Waals surface area contributed by atoms with Crippen LogP contribution in [-0.4, -0.2) is 22.3 Å². The van der Waals surface area contributed by atoms with Gasteiger partial charge in [-0.25, -0.2) is 0 Å². The van der Waals surface area contributed by atoms with E-state index in [1.165, 1.54) is 0 Å². The number of aliphatic hydroxyl groups is 1. The molecule has 0 spiro atoms. The summed E-state index contributed by atoms with van der Waals surface area (Å²) < 4.78 is 5.62. The van der Waals surface area contributed by atoms with Gasteiger partial charge in [-0.15, -0.1) is 0 Å². The zero-order valence-corrected chi connectivity index (χ0v) is 11.1. The summed E-state index contributed by atoms with van der Waals surface area (Å²) in [6, 6.07) is 7.91. The number of hydrogen-bond donors (Lipinski definition) is 1. The Morgan fingerprint density at radius 2 is 1.94 bits per heavy atom. The number of aliphatic hydroxyl groups excluding tert-OH is 1. The zero-order chi connectivity index (χ0) is 13.2. The smallest absolute Gasteiger partial charge is 0.104 e. The third-order valence-electron chi connectivity index (χ3n) is 2.73. The molecule has 1 atom stereocenters. The van der Waals surface area contributed by atoms with Crippen LogP contribution >= 0.6 is 0 Å². The summed E-state index contributed by atoms with van der Waals surface area (Å²) in [5.74, 6) is 0. The number of hydrogen-bond acceptors (Lipinski definition) is 3. The Hall–Kier alpha value is -1.45. The maximum atomic E-state index is 10.2. The Kier molecular flexibility index (Phi) is 3.64. The van der Waals surface area contributed by atoms with Gasteiger partial charge in [0.15, 0.2) is 0 Å². The molecule has 1 unspecified atom stereocenters. The first-order valence-electron chi connectivity index (χ1n) is 6.12. The summed E-state index contributed by atoms with van der Waals surface area (Å²) in [4.78, 5) is 4.16. The number of fused-ring (bicyclic) bond motifs is 1. The van der Waals surface area contributed by atoms with E-state index in [2.05, 4.69) is 4.98 Å². The molecule has 2 rings (SSSR count). The Bertz CT molecular complexity index is 526. The Morgan fingerprint density at radius 3 is 2.67 bits per heavy atom. The second-order valence-corrected chi connectivity index (χ2v) is 5.39. The number of aromatic nitrogens is 1. The van der Waals surface area contributed by atoms with Crippen LogP contribution in [0.25, 0.3) is 10.8 Å². The van der Waals surface area contributed by atoms with Crippen molar-refractivity contribution in [1.82, 2.24) is 4.98 Å². The summed E-state index contributed by atoms with van der Waals surface area (Å²) in [5, 5.41) is 12.3. The molecule has 0 aliphatic heterocycles. The molecule has 18 heavy (non-hydrogen) atoms. The second-order valence-electron chi connectivity index (χ2n) is 5.39. The molecule has 0 saturated heterocycles. The molecule has 0 saturated carbocycles.